The van der Waals surface area contributed by atoms with Gasteiger partial charge in [-0.15, -0.1) is 0 Å². The molecule has 0 heterocycles. The lowest BCUT2D eigenvalue weighted by molar-refractivity contribution is -0.253. The molecule has 1 aromatic rings. The van der Waals surface area contributed by atoms with Gasteiger partial charge in [0.25, 0.3) is 0 Å². The first-order chi connectivity index (χ1) is 8.51. The summed E-state index contributed by atoms with van der Waals surface area (Å²) in [6, 6.07) is 3.96. The molecule has 0 aromatic heterocycles. The van der Waals surface area contributed by atoms with Crippen molar-refractivity contribution in [3.63, 3.8) is 0 Å². The number of benzene rings is 1. The van der Waals surface area contributed by atoms with Crippen LogP contribution in [-0.2, 0) is 6.42 Å². The van der Waals surface area contributed by atoms with E-state index in [9.17, 15) is 26.3 Å². The zero-order valence-electron chi connectivity index (χ0n) is 10.0. The molecule has 2 N–H and O–H groups in total. The van der Waals surface area contributed by atoms with Gasteiger partial charge in [-0.3, -0.25) is 0 Å². The molecule has 1 unspecified atom stereocenters. The van der Waals surface area contributed by atoms with Gasteiger partial charge in [0.05, 0.1) is 0 Å². The molecule has 0 radical (unpaired) electrons. The SMILES string of the molecule is CC(N)Cc1ccc(C(C(F)(F)F)C(F)(F)F)cc1. The second kappa shape index (κ2) is 5.40. The van der Waals surface area contributed by atoms with Gasteiger partial charge in [-0.05, 0) is 24.5 Å². The van der Waals surface area contributed by atoms with E-state index < -0.39 is 23.8 Å². The quantitative estimate of drug-likeness (QED) is 0.840. The minimum Gasteiger partial charge on any atom is -0.328 e. The smallest absolute Gasteiger partial charge is 0.328 e. The summed E-state index contributed by atoms with van der Waals surface area (Å²) < 4.78 is 74.8. The van der Waals surface area contributed by atoms with Crippen molar-refractivity contribution in [1.82, 2.24) is 0 Å². The zero-order chi connectivity index (χ0) is 14.8. The number of hydrogen-bond acceptors (Lipinski definition) is 1. The van der Waals surface area contributed by atoms with E-state index in [1.165, 1.54) is 12.1 Å². The van der Waals surface area contributed by atoms with Gasteiger partial charge in [0.15, 0.2) is 5.92 Å². The van der Waals surface area contributed by atoms with Crippen molar-refractivity contribution in [3.8, 4) is 0 Å². The lowest BCUT2D eigenvalue weighted by atomic mass is 9.95. The molecular weight excluding hydrogens is 272 g/mol. The van der Waals surface area contributed by atoms with Crippen molar-refractivity contribution in [2.45, 2.75) is 37.7 Å². The predicted octanol–water partition coefficient (Wildman–Crippen LogP) is 3.78. The highest BCUT2D eigenvalue weighted by molar-refractivity contribution is 5.28. The van der Waals surface area contributed by atoms with Crippen LogP contribution in [0.3, 0.4) is 0 Å². The van der Waals surface area contributed by atoms with E-state index in [0.29, 0.717) is 12.0 Å². The molecule has 0 aliphatic heterocycles. The number of halogens is 6. The van der Waals surface area contributed by atoms with Gasteiger partial charge in [-0.25, -0.2) is 0 Å². The summed E-state index contributed by atoms with van der Waals surface area (Å²) >= 11 is 0. The van der Waals surface area contributed by atoms with Gasteiger partial charge >= 0.3 is 12.4 Å². The maximum Gasteiger partial charge on any atom is 0.404 e. The molecule has 0 amide bonds. The highest BCUT2D eigenvalue weighted by atomic mass is 19.4. The molecular formula is C12H13F6N. The molecule has 1 nitrogen and oxygen atoms in total. The van der Waals surface area contributed by atoms with Crippen LogP contribution in [0.5, 0.6) is 0 Å². The van der Waals surface area contributed by atoms with Crippen molar-refractivity contribution >= 4 is 0 Å². The minimum atomic E-state index is -5.36. The van der Waals surface area contributed by atoms with Crippen LogP contribution in [-0.4, -0.2) is 18.4 Å². The molecule has 19 heavy (non-hydrogen) atoms. The van der Waals surface area contributed by atoms with E-state index in [4.69, 9.17) is 5.73 Å². The Bertz CT molecular complexity index is 390. The van der Waals surface area contributed by atoms with E-state index in [0.717, 1.165) is 12.1 Å². The molecule has 0 aliphatic carbocycles. The lowest BCUT2D eigenvalue weighted by Gasteiger charge is -2.23. The second-order valence-electron chi connectivity index (χ2n) is 4.44. The summed E-state index contributed by atoms with van der Waals surface area (Å²) in [5.41, 5.74) is 5.29. The maximum absolute atomic E-state index is 12.5. The van der Waals surface area contributed by atoms with Gasteiger partial charge in [0, 0.05) is 6.04 Å². The molecule has 1 rings (SSSR count). The number of hydrogen-bond donors (Lipinski definition) is 1. The van der Waals surface area contributed by atoms with Crippen LogP contribution >= 0.6 is 0 Å². The maximum atomic E-state index is 12.5. The Kier molecular flexibility index (Phi) is 4.50. The van der Waals surface area contributed by atoms with Gasteiger partial charge < -0.3 is 5.73 Å². The van der Waals surface area contributed by atoms with Gasteiger partial charge in [0.2, 0.25) is 0 Å². The summed E-state index contributed by atoms with van der Waals surface area (Å²) in [7, 11) is 0. The molecule has 7 heteroatoms. The van der Waals surface area contributed by atoms with Crippen molar-refractivity contribution in [2.24, 2.45) is 5.73 Å². The summed E-state index contributed by atoms with van der Waals surface area (Å²) in [6.07, 6.45) is -10.3. The molecule has 0 saturated carbocycles. The van der Waals surface area contributed by atoms with Crippen LogP contribution < -0.4 is 5.73 Å². The Morgan fingerprint density at radius 2 is 1.37 bits per heavy atom. The monoisotopic (exact) mass is 285 g/mol. The van der Waals surface area contributed by atoms with Gasteiger partial charge in [-0.2, -0.15) is 26.3 Å². The average Bonchev–Trinajstić information content (AvgIpc) is 2.15. The molecule has 1 atom stereocenters. The Balaban J connectivity index is 3.05. The fourth-order valence-corrected chi connectivity index (χ4v) is 1.78. The number of alkyl halides is 6. The van der Waals surface area contributed by atoms with Crippen LogP contribution in [0.15, 0.2) is 24.3 Å². The fraction of sp³-hybridized carbons (Fsp3) is 0.500. The molecule has 1 aromatic carbocycles. The fourth-order valence-electron chi connectivity index (χ4n) is 1.78. The molecule has 108 valence electrons. The molecule has 0 fully saturated rings. The third-order valence-electron chi connectivity index (χ3n) is 2.53. The Morgan fingerprint density at radius 3 is 1.68 bits per heavy atom. The number of nitrogens with two attached hydrogens (primary N) is 1. The van der Waals surface area contributed by atoms with E-state index >= 15 is 0 Å². The van der Waals surface area contributed by atoms with Crippen molar-refractivity contribution in [2.75, 3.05) is 0 Å². The van der Waals surface area contributed by atoms with Crippen molar-refractivity contribution < 1.29 is 26.3 Å². The van der Waals surface area contributed by atoms with Crippen LogP contribution in [0.4, 0.5) is 26.3 Å². The van der Waals surface area contributed by atoms with Crippen LogP contribution in [0.1, 0.15) is 24.0 Å². The highest BCUT2D eigenvalue weighted by Gasteiger charge is 2.57. The van der Waals surface area contributed by atoms with Crippen LogP contribution in [0.25, 0.3) is 0 Å². The van der Waals surface area contributed by atoms with Gasteiger partial charge in [-0.1, -0.05) is 24.3 Å². The second-order valence-corrected chi connectivity index (χ2v) is 4.44. The Labute approximate surface area is 106 Å². The van der Waals surface area contributed by atoms with Crippen molar-refractivity contribution in [3.05, 3.63) is 35.4 Å². The summed E-state index contributed by atoms with van der Waals surface area (Å²) in [4.78, 5) is 0. The predicted molar refractivity (Wildman–Crippen MR) is 58.6 cm³/mol. The molecule has 0 spiro atoms. The normalized spacial score (nSPS) is 14.8. The Hall–Kier alpha value is -1.24. The zero-order valence-corrected chi connectivity index (χ0v) is 10.0. The first kappa shape index (κ1) is 15.8. The first-order valence-corrected chi connectivity index (χ1v) is 5.49. The topological polar surface area (TPSA) is 26.0 Å². The average molecular weight is 285 g/mol. The molecule has 0 aliphatic rings. The van der Waals surface area contributed by atoms with Crippen LogP contribution in [0, 0.1) is 0 Å². The molecule has 0 saturated heterocycles. The lowest BCUT2D eigenvalue weighted by Crippen LogP contribution is -2.34. The Morgan fingerprint density at radius 1 is 0.947 bits per heavy atom. The van der Waals surface area contributed by atoms with Crippen molar-refractivity contribution in [1.29, 1.82) is 0 Å². The highest BCUT2D eigenvalue weighted by Crippen LogP contribution is 2.46. The van der Waals surface area contributed by atoms with E-state index in [-0.39, 0.29) is 6.04 Å². The standard InChI is InChI=1S/C12H13F6N/c1-7(19)6-8-2-4-9(5-3-8)10(11(13,14)15)12(16,17)18/h2-5,7,10H,6,19H2,1H3. The van der Waals surface area contributed by atoms with E-state index in [1.54, 1.807) is 6.92 Å². The van der Waals surface area contributed by atoms with E-state index in [1.807, 2.05) is 0 Å². The first-order valence-electron chi connectivity index (χ1n) is 5.49. The largest absolute Gasteiger partial charge is 0.404 e. The summed E-state index contributed by atoms with van der Waals surface area (Å²) in [6.45, 7) is 1.70. The minimum absolute atomic E-state index is 0.216. The van der Waals surface area contributed by atoms with E-state index in [2.05, 4.69) is 0 Å². The molecule has 0 bridgehead atoms. The summed E-state index contributed by atoms with van der Waals surface area (Å²) in [5.74, 6) is -3.45. The number of rotatable bonds is 3. The summed E-state index contributed by atoms with van der Waals surface area (Å²) in [5, 5.41) is 0. The van der Waals surface area contributed by atoms with Gasteiger partial charge in [0.1, 0.15) is 0 Å². The van der Waals surface area contributed by atoms with Crippen LogP contribution in [0.2, 0.25) is 0 Å². The third-order valence-corrected chi connectivity index (χ3v) is 2.53. The third kappa shape index (κ3) is 4.41.